The average Bonchev–Trinajstić information content (AvgIpc) is 3.04. The van der Waals surface area contributed by atoms with Crippen molar-refractivity contribution >= 4 is 23.8 Å². The third kappa shape index (κ3) is 1.72. The van der Waals surface area contributed by atoms with Gasteiger partial charge in [-0.3, -0.25) is 14.4 Å². The first-order chi connectivity index (χ1) is 9.47. The van der Waals surface area contributed by atoms with Crippen LogP contribution in [0, 0.1) is 17.3 Å². The molecule has 2 amide bonds. The van der Waals surface area contributed by atoms with Gasteiger partial charge in [0.15, 0.2) is 0 Å². The largest absolute Gasteiger partial charge is 0.469 e. The minimum atomic E-state index is -0.595. The normalized spacial score (nSPS) is 35.0. The Labute approximate surface area is 115 Å². The Balaban J connectivity index is 1.64. The Morgan fingerprint density at radius 3 is 2.30 bits per heavy atom. The molecule has 4 aliphatic rings. The van der Waals surface area contributed by atoms with E-state index in [1.165, 1.54) is 7.11 Å². The zero-order valence-corrected chi connectivity index (χ0v) is 11.1. The predicted molar refractivity (Wildman–Crippen MR) is 62.5 cm³/mol. The van der Waals surface area contributed by atoms with Crippen molar-refractivity contribution in [2.45, 2.75) is 32.1 Å². The Morgan fingerprint density at radius 1 is 1.15 bits per heavy atom. The van der Waals surface area contributed by atoms with E-state index in [0.29, 0.717) is 24.3 Å². The van der Waals surface area contributed by atoms with Gasteiger partial charge in [-0.1, -0.05) is 0 Å². The molecular formula is C13H15NO6. The molecule has 0 radical (unpaired) electrons. The number of nitrogens with zero attached hydrogens (tertiary/aromatic N) is 1. The number of methoxy groups -OCH3 is 1. The number of hydrogen-bond donors (Lipinski definition) is 0. The maximum absolute atomic E-state index is 12.1. The molecule has 4 fully saturated rings. The number of carbonyl (C=O) groups is 4. The lowest BCUT2D eigenvalue weighted by Crippen LogP contribution is -2.38. The van der Waals surface area contributed by atoms with Crippen LogP contribution in [0.2, 0.25) is 0 Å². The zero-order chi connectivity index (χ0) is 14.5. The van der Waals surface area contributed by atoms with Crippen LogP contribution in [0.3, 0.4) is 0 Å². The fraction of sp³-hybridized carbons (Fsp3) is 0.692. The highest BCUT2D eigenvalue weighted by Crippen LogP contribution is 2.62. The lowest BCUT2D eigenvalue weighted by molar-refractivity contribution is -0.201. The van der Waals surface area contributed by atoms with Gasteiger partial charge in [0.1, 0.15) is 0 Å². The van der Waals surface area contributed by atoms with Gasteiger partial charge in [-0.05, 0) is 25.2 Å². The fourth-order valence-corrected chi connectivity index (χ4v) is 3.54. The van der Waals surface area contributed by atoms with E-state index in [0.717, 1.165) is 0 Å². The second-order valence-electron chi connectivity index (χ2n) is 5.74. The smallest absolute Gasteiger partial charge is 0.336 e. The molecule has 0 aromatic rings. The minimum Gasteiger partial charge on any atom is -0.469 e. The first kappa shape index (κ1) is 13.1. The SMILES string of the molecule is COC(=O)C12CC(C1)C(C(=O)ON1C(=O)CCC1=O)C2. The Kier molecular flexibility index (Phi) is 2.81. The summed E-state index contributed by atoms with van der Waals surface area (Å²) in [6.45, 7) is 0. The van der Waals surface area contributed by atoms with Gasteiger partial charge in [0.05, 0.1) is 18.4 Å². The van der Waals surface area contributed by atoms with Crippen LogP contribution in [-0.4, -0.2) is 35.9 Å². The molecular weight excluding hydrogens is 266 g/mol. The van der Waals surface area contributed by atoms with Gasteiger partial charge < -0.3 is 9.57 Å². The van der Waals surface area contributed by atoms with Gasteiger partial charge in [0.25, 0.3) is 11.8 Å². The van der Waals surface area contributed by atoms with Crippen LogP contribution in [0.4, 0.5) is 0 Å². The molecule has 0 spiro atoms. The number of imide groups is 1. The molecule has 7 nitrogen and oxygen atoms in total. The molecule has 2 bridgehead atoms. The second kappa shape index (κ2) is 4.29. The molecule has 0 aromatic heterocycles. The van der Waals surface area contributed by atoms with Crippen molar-refractivity contribution in [2.75, 3.05) is 7.11 Å². The Morgan fingerprint density at radius 2 is 1.75 bits per heavy atom. The quantitative estimate of drug-likeness (QED) is 0.541. The fourth-order valence-electron chi connectivity index (χ4n) is 3.54. The van der Waals surface area contributed by atoms with E-state index in [-0.39, 0.29) is 24.7 Å². The van der Waals surface area contributed by atoms with Gasteiger partial charge in [-0.2, -0.15) is 0 Å². The number of fused-ring (bicyclic) bond motifs is 1. The third-order valence-corrected chi connectivity index (χ3v) is 4.59. The van der Waals surface area contributed by atoms with Crippen molar-refractivity contribution in [3.05, 3.63) is 0 Å². The maximum Gasteiger partial charge on any atom is 0.336 e. The van der Waals surface area contributed by atoms with Crippen LogP contribution in [0.25, 0.3) is 0 Å². The highest BCUT2D eigenvalue weighted by molar-refractivity contribution is 6.01. The number of rotatable bonds is 3. The number of hydrogen-bond acceptors (Lipinski definition) is 6. The topological polar surface area (TPSA) is 90.0 Å². The van der Waals surface area contributed by atoms with Crippen molar-refractivity contribution in [3.8, 4) is 0 Å². The highest BCUT2D eigenvalue weighted by atomic mass is 16.7. The molecule has 3 aliphatic carbocycles. The van der Waals surface area contributed by atoms with Crippen molar-refractivity contribution in [2.24, 2.45) is 17.3 Å². The van der Waals surface area contributed by atoms with Crippen LogP contribution >= 0.6 is 0 Å². The van der Waals surface area contributed by atoms with E-state index in [1.54, 1.807) is 0 Å². The third-order valence-electron chi connectivity index (χ3n) is 4.59. The summed E-state index contributed by atoms with van der Waals surface area (Å²) in [4.78, 5) is 51.5. The molecule has 1 saturated heterocycles. The van der Waals surface area contributed by atoms with Gasteiger partial charge >= 0.3 is 11.9 Å². The van der Waals surface area contributed by atoms with Crippen LogP contribution in [-0.2, 0) is 28.8 Å². The molecule has 1 unspecified atom stereocenters. The number of ether oxygens (including phenoxy) is 1. The van der Waals surface area contributed by atoms with Gasteiger partial charge in [0, 0.05) is 12.8 Å². The van der Waals surface area contributed by atoms with Crippen molar-refractivity contribution in [1.29, 1.82) is 0 Å². The van der Waals surface area contributed by atoms with Crippen LogP contribution in [0.15, 0.2) is 0 Å². The van der Waals surface area contributed by atoms with Gasteiger partial charge in [-0.25, -0.2) is 4.79 Å². The minimum absolute atomic E-state index is 0.0757. The second-order valence-corrected chi connectivity index (χ2v) is 5.74. The molecule has 1 aliphatic heterocycles. The first-order valence-corrected chi connectivity index (χ1v) is 6.63. The molecule has 3 saturated carbocycles. The molecule has 0 aromatic carbocycles. The predicted octanol–water partition coefficient (Wildman–Crippen LogP) is 0.183. The number of carbonyl (C=O) groups excluding carboxylic acids is 4. The van der Waals surface area contributed by atoms with Crippen molar-refractivity contribution in [3.63, 3.8) is 0 Å². The summed E-state index contributed by atoms with van der Waals surface area (Å²) in [5.74, 6) is -2.23. The highest BCUT2D eigenvalue weighted by Gasteiger charge is 2.63. The number of amides is 2. The Bertz CT molecular complexity index is 491. The van der Waals surface area contributed by atoms with E-state index in [9.17, 15) is 19.2 Å². The summed E-state index contributed by atoms with van der Waals surface area (Å²) in [6.07, 6.45) is 1.75. The standard InChI is InChI=1S/C13H15NO6/c1-19-12(18)13-4-7(5-13)8(6-13)11(17)20-14-9(15)2-3-10(14)16/h7-8H,2-6H2,1H3. The van der Waals surface area contributed by atoms with E-state index < -0.39 is 29.1 Å². The van der Waals surface area contributed by atoms with E-state index in [1.807, 2.05) is 0 Å². The van der Waals surface area contributed by atoms with E-state index >= 15 is 0 Å². The molecule has 20 heavy (non-hydrogen) atoms. The molecule has 7 heteroatoms. The van der Waals surface area contributed by atoms with E-state index in [2.05, 4.69) is 0 Å². The summed E-state index contributed by atoms with van der Waals surface area (Å²) >= 11 is 0. The summed E-state index contributed by atoms with van der Waals surface area (Å²) in [6, 6.07) is 0. The molecule has 1 atom stereocenters. The summed E-state index contributed by atoms with van der Waals surface area (Å²) < 4.78 is 4.76. The summed E-state index contributed by atoms with van der Waals surface area (Å²) in [5, 5.41) is 0.558. The molecule has 108 valence electrons. The summed E-state index contributed by atoms with van der Waals surface area (Å²) in [5.41, 5.74) is -0.567. The number of esters is 1. The van der Waals surface area contributed by atoms with Crippen molar-refractivity contribution < 1.29 is 28.8 Å². The lowest BCUT2D eigenvalue weighted by atomic mass is 9.69. The Hall–Kier alpha value is -1.92. The van der Waals surface area contributed by atoms with Crippen LogP contribution in [0.1, 0.15) is 32.1 Å². The van der Waals surface area contributed by atoms with E-state index in [4.69, 9.17) is 9.57 Å². The monoisotopic (exact) mass is 281 g/mol. The zero-order valence-electron chi connectivity index (χ0n) is 11.1. The van der Waals surface area contributed by atoms with Gasteiger partial charge in [0.2, 0.25) is 0 Å². The average molecular weight is 281 g/mol. The molecule has 1 heterocycles. The molecule has 0 N–H and O–H groups in total. The van der Waals surface area contributed by atoms with Crippen LogP contribution < -0.4 is 0 Å². The van der Waals surface area contributed by atoms with Gasteiger partial charge in [-0.15, -0.1) is 5.06 Å². The van der Waals surface area contributed by atoms with Crippen LogP contribution in [0.5, 0.6) is 0 Å². The maximum atomic E-state index is 12.1. The molecule has 4 rings (SSSR count). The lowest BCUT2D eigenvalue weighted by Gasteiger charge is -2.35. The number of hydroxylamine groups is 2. The van der Waals surface area contributed by atoms with Crippen molar-refractivity contribution in [1.82, 2.24) is 5.06 Å². The summed E-state index contributed by atoms with van der Waals surface area (Å²) in [7, 11) is 1.33. The first-order valence-electron chi connectivity index (χ1n) is 6.63.